The number of fused-ring (bicyclic) bond motifs is 1. The summed E-state index contributed by atoms with van der Waals surface area (Å²) >= 11 is 1.45. The molecule has 0 unspecified atom stereocenters. The molecule has 2 aromatic rings. The molecule has 94 valence electrons. The summed E-state index contributed by atoms with van der Waals surface area (Å²) in [6, 6.07) is 6.90. The monoisotopic (exact) mass is 264 g/mol. The summed E-state index contributed by atoms with van der Waals surface area (Å²) in [4.78, 5) is 1.70. The van der Waals surface area contributed by atoms with Gasteiger partial charge in [0.1, 0.15) is 19.0 Å². The van der Waals surface area contributed by atoms with Gasteiger partial charge in [-0.2, -0.15) is 0 Å². The molecule has 0 radical (unpaired) electrons. The Morgan fingerprint density at radius 1 is 1.06 bits per heavy atom. The van der Waals surface area contributed by atoms with Crippen molar-refractivity contribution in [1.29, 1.82) is 0 Å². The van der Waals surface area contributed by atoms with Crippen LogP contribution in [0.4, 0.5) is 0 Å². The maximum absolute atomic E-state index is 9.33. The second-order valence-corrected chi connectivity index (χ2v) is 5.02. The molecule has 0 spiro atoms. The average Bonchev–Trinajstić information content (AvgIpc) is 2.79. The first kappa shape index (κ1) is 11.4. The fourth-order valence-electron chi connectivity index (χ4n) is 1.92. The summed E-state index contributed by atoms with van der Waals surface area (Å²) in [7, 11) is 0. The van der Waals surface area contributed by atoms with Gasteiger partial charge in [-0.15, -0.1) is 11.3 Å². The van der Waals surface area contributed by atoms with Gasteiger partial charge in [-0.1, -0.05) is 0 Å². The van der Waals surface area contributed by atoms with Crippen LogP contribution in [0.5, 0.6) is 17.2 Å². The topological polar surface area (TPSA) is 58.9 Å². The minimum Gasteiger partial charge on any atom is -0.508 e. The number of thiophene rings is 1. The van der Waals surface area contributed by atoms with Crippen molar-refractivity contribution in [3.8, 4) is 27.7 Å². The number of benzene rings is 1. The predicted octanol–water partition coefficient (Wildman–Crippen LogP) is 2.38. The molecule has 0 amide bonds. The van der Waals surface area contributed by atoms with Crippen LogP contribution in [-0.4, -0.2) is 23.4 Å². The van der Waals surface area contributed by atoms with Crippen LogP contribution in [-0.2, 0) is 6.61 Å². The van der Waals surface area contributed by atoms with E-state index in [0.717, 1.165) is 15.3 Å². The highest BCUT2D eigenvalue weighted by Crippen LogP contribution is 2.49. The lowest BCUT2D eigenvalue weighted by molar-refractivity contribution is 0.169. The van der Waals surface area contributed by atoms with E-state index < -0.39 is 0 Å². The van der Waals surface area contributed by atoms with E-state index in [9.17, 15) is 10.2 Å². The number of aliphatic hydroxyl groups excluding tert-OH is 1. The Morgan fingerprint density at radius 3 is 2.39 bits per heavy atom. The molecular weight excluding hydrogens is 252 g/mol. The molecule has 0 saturated heterocycles. The first-order valence-corrected chi connectivity index (χ1v) is 6.43. The van der Waals surface area contributed by atoms with Gasteiger partial charge >= 0.3 is 0 Å². The van der Waals surface area contributed by atoms with Crippen LogP contribution < -0.4 is 9.47 Å². The maximum atomic E-state index is 9.33. The summed E-state index contributed by atoms with van der Waals surface area (Å²) in [6.07, 6.45) is 0. The quantitative estimate of drug-likeness (QED) is 0.874. The van der Waals surface area contributed by atoms with Crippen molar-refractivity contribution in [2.45, 2.75) is 6.61 Å². The number of aromatic hydroxyl groups is 1. The maximum Gasteiger partial charge on any atom is 0.180 e. The van der Waals surface area contributed by atoms with Crippen LogP contribution in [0.15, 0.2) is 24.3 Å². The van der Waals surface area contributed by atoms with Gasteiger partial charge < -0.3 is 19.7 Å². The molecule has 0 saturated carbocycles. The normalized spacial score (nSPS) is 13.6. The zero-order valence-electron chi connectivity index (χ0n) is 9.55. The van der Waals surface area contributed by atoms with Crippen molar-refractivity contribution >= 4 is 11.3 Å². The van der Waals surface area contributed by atoms with Gasteiger partial charge in [0, 0.05) is 0 Å². The van der Waals surface area contributed by atoms with Crippen LogP contribution in [0.3, 0.4) is 0 Å². The van der Waals surface area contributed by atoms with Gasteiger partial charge in [-0.25, -0.2) is 0 Å². The van der Waals surface area contributed by atoms with Gasteiger partial charge in [0.2, 0.25) is 0 Å². The smallest absolute Gasteiger partial charge is 0.180 e. The van der Waals surface area contributed by atoms with E-state index in [1.165, 1.54) is 11.3 Å². The van der Waals surface area contributed by atoms with Crippen LogP contribution in [0, 0.1) is 0 Å². The Balaban J connectivity index is 2.11. The van der Waals surface area contributed by atoms with Crippen molar-refractivity contribution < 1.29 is 19.7 Å². The Labute approximate surface area is 108 Å². The molecule has 1 aliphatic rings. The number of ether oxygens (including phenoxy) is 2. The summed E-state index contributed by atoms with van der Waals surface area (Å²) in [6.45, 7) is 0.958. The van der Waals surface area contributed by atoms with E-state index in [2.05, 4.69) is 0 Å². The first-order valence-electron chi connectivity index (χ1n) is 5.61. The molecule has 2 N–H and O–H groups in total. The van der Waals surface area contributed by atoms with Crippen molar-refractivity contribution in [3.05, 3.63) is 29.1 Å². The molecule has 1 aliphatic heterocycles. The number of phenolic OH excluding ortho intramolecular Hbond substituents is 1. The third kappa shape index (κ3) is 1.81. The molecule has 1 aromatic carbocycles. The highest BCUT2D eigenvalue weighted by Gasteiger charge is 2.24. The number of hydrogen-bond acceptors (Lipinski definition) is 5. The minimum atomic E-state index is -0.0611. The average molecular weight is 264 g/mol. The van der Waals surface area contributed by atoms with Gasteiger partial charge in [-0.05, 0) is 29.8 Å². The number of rotatable bonds is 2. The Hall–Kier alpha value is -1.72. The fourth-order valence-corrected chi connectivity index (χ4v) is 2.97. The van der Waals surface area contributed by atoms with Crippen LogP contribution in [0.1, 0.15) is 4.88 Å². The summed E-state index contributed by atoms with van der Waals surface area (Å²) in [5.41, 5.74) is 0.944. The zero-order chi connectivity index (χ0) is 12.5. The number of phenols is 1. The van der Waals surface area contributed by atoms with E-state index in [4.69, 9.17) is 9.47 Å². The first-order chi connectivity index (χ1) is 8.79. The van der Waals surface area contributed by atoms with Crippen molar-refractivity contribution in [2.75, 3.05) is 13.2 Å². The fraction of sp³-hybridized carbons (Fsp3) is 0.231. The van der Waals surface area contributed by atoms with E-state index >= 15 is 0 Å². The lowest BCUT2D eigenvalue weighted by Gasteiger charge is -2.17. The third-order valence-corrected chi connectivity index (χ3v) is 3.93. The van der Waals surface area contributed by atoms with E-state index in [1.54, 1.807) is 12.1 Å². The zero-order valence-corrected chi connectivity index (χ0v) is 10.4. The van der Waals surface area contributed by atoms with E-state index in [0.29, 0.717) is 24.7 Å². The van der Waals surface area contributed by atoms with E-state index in [1.807, 2.05) is 12.1 Å². The molecule has 18 heavy (non-hydrogen) atoms. The summed E-state index contributed by atoms with van der Waals surface area (Å²) < 4.78 is 11.2. The van der Waals surface area contributed by atoms with Gasteiger partial charge in [-0.3, -0.25) is 0 Å². The second kappa shape index (κ2) is 4.51. The lowest BCUT2D eigenvalue weighted by Crippen LogP contribution is -2.15. The van der Waals surface area contributed by atoms with Crippen molar-refractivity contribution in [1.82, 2.24) is 0 Å². The summed E-state index contributed by atoms with van der Waals surface area (Å²) in [5.74, 6) is 1.57. The van der Waals surface area contributed by atoms with Gasteiger partial charge in [0.25, 0.3) is 0 Å². The van der Waals surface area contributed by atoms with Crippen LogP contribution in [0.2, 0.25) is 0 Å². The number of hydrogen-bond donors (Lipinski definition) is 2. The minimum absolute atomic E-state index is 0.0611. The predicted molar refractivity (Wildman–Crippen MR) is 68.3 cm³/mol. The Kier molecular flexibility index (Phi) is 2.85. The molecule has 0 aliphatic carbocycles. The molecule has 1 aromatic heterocycles. The Bertz CT molecular complexity index is 559. The molecule has 0 bridgehead atoms. The summed E-state index contributed by atoms with van der Waals surface area (Å²) in [5, 5.41) is 18.6. The third-order valence-electron chi connectivity index (χ3n) is 2.74. The lowest BCUT2D eigenvalue weighted by atomic mass is 10.1. The highest BCUT2D eigenvalue weighted by atomic mass is 32.1. The SMILES string of the molecule is OCc1sc(-c2ccc(O)cc2)c2c1OCCO2. The molecule has 2 heterocycles. The Morgan fingerprint density at radius 2 is 1.72 bits per heavy atom. The second-order valence-electron chi connectivity index (χ2n) is 3.91. The van der Waals surface area contributed by atoms with Crippen LogP contribution in [0.25, 0.3) is 10.4 Å². The van der Waals surface area contributed by atoms with E-state index in [-0.39, 0.29) is 12.4 Å². The molecule has 3 rings (SSSR count). The van der Waals surface area contributed by atoms with Gasteiger partial charge in [0.15, 0.2) is 11.5 Å². The largest absolute Gasteiger partial charge is 0.508 e. The molecular formula is C13H12O4S. The molecule has 5 heteroatoms. The van der Waals surface area contributed by atoms with Gasteiger partial charge in [0.05, 0.1) is 16.4 Å². The molecule has 0 atom stereocenters. The number of aliphatic hydroxyl groups is 1. The molecule has 0 fully saturated rings. The standard InChI is InChI=1S/C13H12O4S/c14-7-10-11-12(17-6-5-16-11)13(18-10)8-1-3-9(15)4-2-8/h1-4,14-15H,5-7H2. The highest BCUT2D eigenvalue weighted by molar-refractivity contribution is 7.16. The van der Waals surface area contributed by atoms with Crippen LogP contribution >= 0.6 is 11.3 Å². The molecule has 4 nitrogen and oxygen atoms in total. The van der Waals surface area contributed by atoms with Crippen molar-refractivity contribution in [2.24, 2.45) is 0 Å². The van der Waals surface area contributed by atoms with Crippen molar-refractivity contribution in [3.63, 3.8) is 0 Å².